The standard InChI is InChI=1S/C14H26N2S/c1-5-11(3)9-16(6-2)14(12(4)15)13-7-8-17-10-13/h7-8,10-12,14H,5-6,9,15H2,1-4H3. The van der Waals surface area contributed by atoms with Gasteiger partial charge in [-0.05, 0) is 41.8 Å². The van der Waals surface area contributed by atoms with Crippen molar-refractivity contribution in [3.05, 3.63) is 22.4 Å². The number of hydrogen-bond acceptors (Lipinski definition) is 3. The molecule has 0 radical (unpaired) electrons. The Labute approximate surface area is 110 Å². The van der Waals surface area contributed by atoms with Gasteiger partial charge in [0.1, 0.15) is 0 Å². The summed E-state index contributed by atoms with van der Waals surface area (Å²) in [6.45, 7) is 11.1. The van der Waals surface area contributed by atoms with Crippen molar-refractivity contribution in [2.75, 3.05) is 13.1 Å². The Bertz CT molecular complexity index is 295. The highest BCUT2D eigenvalue weighted by Crippen LogP contribution is 2.26. The van der Waals surface area contributed by atoms with Crippen molar-refractivity contribution < 1.29 is 0 Å². The zero-order chi connectivity index (χ0) is 12.8. The average Bonchev–Trinajstić information content (AvgIpc) is 2.80. The maximum absolute atomic E-state index is 6.18. The third-order valence-corrected chi connectivity index (χ3v) is 4.13. The van der Waals surface area contributed by atoms with E-state index in [0.29, 0.717) is 6.04 Å². The predicted molar refractivity (Wildman–Crippen MR) is 77.4 cm³/mol. The smallest absolute Gasteiger partial charge is 0.0504 e. The highest BCUT2D eigenvalue weighted by molar-refractivity contribution is 7.07. The van der Waals surface area contributed by atoms with Gasteiger partial charge >= 0.3 is 0 Å². The second-order valence-corrected chi connectivity index (χ2v) is 5.74. The van der Waals surface area contributed by atoms with Crippen LogP contribution < -0.4 is 5.73 Å². The molecule has 1 aromatic rings. The molecule has 0 spiro atoms. The van der Waals surface area contributed by atoms with Gasteiger partial charge in [0.05, 0.1) is 6.04 Å². The van der Waals surface area contributed by atoms with Crippen molar-refractivity contribution in [3.63, 3.8) is 0 Å². The normalized spacial score (nSPS) is 17.1. The minimum atomic E-state index is 0.175. The zero-order valence-electron chi connectivity index (χ0n) is 11.5. The first-order valence-electron chi connectivity index (χ1n) is 6.61. The van der Waals surface area contributed by atoms with Gasteiger partial charge < -0.3 is 5.73 Å². The lowest BCUT2D eigenvalue weighted by molar-refractivity contribution is 0.160. The molecular weight excluding hydrogens is 228 g/mol. The van der Waals surface area contributed by atoms with E-state index < -0.39 is 0 Å². The number of nitrogens with two attached hydrogens (primary N) is 1. The summed E-state index contributed by atoms with van der Waals surface area (Å²) in [5, 5.41) is 4.37. The van der Waals surface area contributed by atoms with Gasteiger partial charge in [0.2, 0.25) is 0 Å². The lowest BCUT2D eigenvalue weighted by Crippen LogP contribution is -2.41. The Balaban J connectivity index is 2.80. The van der Waals surface area contributed by atoms with Crippen LogP contribution in [-0.4, -0.2) is 24.0 Å². The highest BCUT2D eigenvalue weighted by Gasteiger charge is 2.24. The second-order valence-electron chi connectivity index (χ2n) is 4.96. The van der Waals surface area contributed by atoms with Crippen molar-refractivity contribution in [2.24, 2.45) is 11.7 Å². The third-order valence-electron chi connectivity index (χ3n) is 3.43. The molecule has 0 aliphatic rings. The quantitative estimate of drug-likeness (QED) is 0.807. The van der Waals surface area contributed by atoms with E-state index in [4.69, 9.17) is 5.73 Å². The Morgan fingerprint density at radius 1 is 1.35 bits per heavy atom. The van der Waals surface area contributed by atoms with Crippen LogP contribution in [0.5, 0.6) is 0 Å². The van der Waals surface area contributed by atoms with Gasteiger partial charge in [-0.1, -0.05) is 27.2 Å². The van der Waals surface area contributed by atoms with E-state index in [1.54, 1.807) is 11.3 Å². The van der Waals surface area contributed by atoms with E-state index in [1.807, 2.05) is 0 Å². The molecule has 0 saturated heterocycles. The molecule has 98 valence electrons. The van der Waals surface area contributed by atoms with Crippen LogP contribution in [0.25, 0.3) is 0 Å². The van der Waals surface area contributed by atoms with Gasteiger partial charge in [0, 0.05) is 12.6 Å². The molecule has 2 nitrogen and oxygen atoms in total. The van der Waals surface area contributed by atoms with E-state index in [1.165, 1.54) is 12.0 Å². The summed E-state index contributed by atoms with van der Waals surface area (Å²) in [4.78, 5) is 2.51. The second kappa shape index (κ2) is 7.14. The summed E-state index contributed by atoms with van der Waals surface area (Å²) in [7, 11) is 0. The van der Waals surface area contributed by atoms with Crippen LogP contribution in [0.2, 0.25) is 0 Å². The Morgan fingerprint density at radius 3 is 2.47 bits per heavy atom. The molecule has 3 unspecified atom stereocenters. The number of likely N-dealkylation sites (N-methyl/N-ethyl adjacent to an activating group) is 1. The molecule has 1 aromatic heterocycles. The minimum Gasteiger partial charge on any atom is -0.326 e. The van der Waals surface area contributed by atoms with Crippen LogP contribution in [-0.2, 0) is 0 Å². The molecule has 0 fully saturated rings. The van der Waals surface area contributed by atoms with Gasteiger partial charge in [0.25, 0.3) is 0 Å². The molecule has 17 heavy (non-hydrogen) atoms. The van der Waals surface area contributed by atoms with E-state index in [0.717, 1.165) is 19.0 Å². The first-order valence-corrected chi connectivity index (χ1v) is 7.56. The molecular formula is C14H26N2S. The summed E-state index contributed by atoms with van der Waals surface area (Å²) in [5.74, 6) is 0.731. The highest BCUT2D eigenvalue weighted by atomic mass is 32.1. The van der Waals surface area contributed by atoms with Gasteiger partial charge in [0.15, 0.2) is 0 Å². The molecule has 1 heterocycles. The Kier molecular flexibility index (Phi) is 6.17. The molecule has 0 aliphatic carbocycles. The van der Waals surface area contributed by atoms with E-state index >= 15 is 0 Å². The summed E-state index contributed by atoms with van der Waals surface area (Å²) in [6, 6.07) is 2.74. The van der Waals surface area contributed by atoms with Crippen molar-refractivity contribution in [3.8, 4) is 0 Å². The number of thiophene rings is 1. The third kappa shape index (κ3) is 4.09. The summed E-state index contributed by atoms with van der Waals surface area (Å²) in [5.41, 5.74) is 7.55. The van der Waals surface area contributed by atoms with Crippen LogP contribution in [0.4, 0.5) is 0 Å². The molecule has 3 atom stereocenters. The van der Waals surface area contributed by atoms with Gasteiger partial charge in [-0.2, -0.15) is 11.3 Å². The zero-order valence-corrected chi connectivity index (χ0v) is 12.3. The summed E-state index contributed by atoms with van der Waals surface area (Å²) in [6.07, 6.45) is 1.23. The van der Waals surface area contributed by atoms with E-state index in [9.17, 15) is 0 Å². The monoisotopic (exact) mass is 254 g/mol. The topological polar surface area (TPSA) is 29.3 Å². The van der Waals surface area contributed by atoms with Gasteiger partial charge in [-0.25, -0.2) is 0 Å². The molecule has 3 heteroatoms. The molecule has 1 rings (SSSR count). The van der Waals surface area contributed by atoms with Crippen molar-refractivity contribution in [2.45, 2.75) is 46.2 Å². The van der Waals surface area contributed by atoms with E-state index in [2.05, 4.69) is 49.4 Å². The molecule has 0 aromatic carbocycles. The van der Waals surface area contributed by atoms with Gasteiger partial charge in [-0.3, -0.25) is 4.90 Å². The summed E-state index contributed by atoms with van der Waals surface area (Å²) >= 11 is 1.76. The van der Waals surface area contributed by atoms with Crippen LogP contribution in [0.3, 0.4) is 0 Å². The lowest BCUT2D eigenvalue weighted by atomic mass is 10.00. The largest absolute Gasteiger partial charge is 0.326 e. The Morgan fingerprint density at radius 2 is 2.06 bits per heavy atom. The van der Waals surface area contributed by atoms with Crippen molar-refractivity contribution in [1.82, 2.24) is 4.90 Å². The minimum absolute atomic E-state index is 0.175. The van der Waals surface area contributed by atoms with E-state index in [-0.39, 0.29) is 6.04 Å². The maximum atomic E-state index is 6.18. The molecule has 0 saturated carbocycles. The summed E-state index contributed by atoms with van der Waals surface area (Å²) < 4.78 is 0. The van der Waals surface area contributed by atoms with Crippen LogP contribution in [0.1, 0.15) is 45.7 Å². The molecule has 0 bridgehead atoms. The predicted octanol–water partition coefficient (Wildman–Crippen LogP) is 3.50. The lowest BCUT2D eigenvalue weighted by Gasteiger charge is -2.34. The van der Waals surface area contributed by atoms with Crippen molar-refractivity contribution in [1.29, 1.82) is 0 Å². The SMILES string of the molecule is CCC(C)CN(CC)C(c1ccsc1)C(C)N. The molecule has 2 N–H and O–H groups in total. The number of nitrogens with zero attached hydrogens (tertiary/aromatic N) is 1. The average molecular weight is 254 g/mol. The fourth-order valence-corrected chi connectivity index (χ4v) is 2.95. The van der Waals surface area contributed by atoms with Crippen LogP contribution in [0.15, 0.2) is 16.8 Å². The fourth-order valence-electron chi connectivity index (χ4n) is 2.26. The number of rotatable bonds is 7. The molecule has 0 amide bonds. The number of hydrogen-bond donors (Lipinski definition) is 1. The molecule has 0 aliphatic heterocycles. The first-order chi connectivity index (χ1) is 8.10. The van der Waals surface area contributed by atoms with Crippen LogP contribution >= 0.6 is 11.3 Å². The first kappa shape index (κ1) is 14.7. The van der Waals surface area contributed by atoms with Gasteiger partial charge in [-0.15, -0.1) is 0 Å². The van der Waals surface area contributed by atoms with Crippen LogP contribution in [0, 0.1) is 5.92 Å². The van der Waals surface area contributed by atoms with Crippen molar-refractivity contribution >= 4 is 11.3 Å². The maximum Gasteiger partial charge on any atom is 0.0504 e. The Hall–Kier alpha value is -0.380. The fraction of sp³-hybridized carbons (Fsp3) is 0.714.